The topological polar surface area (TPSA) is 76.4 Å². The first kappa shape index (κ1) is 24.9. The lowest BCUT2D eigenvalue weighted by atomic mass is 10.2. The van der Waals surface area contributed by atoms with Crippen LogP contribution in [-0.4, -0.2) is 47.5 Å². The Morgan fingerprint density at radius 3 is 2.75 bits per heavy atom. The molecule has 28 heavy (non-hydrogen) atoms. The molecule has 2 aromatic rings. The van der Waals surface area contributed by atoms with E-state index in [0.717, 1.165) is 43.3 Å². The monoisotopic (exact) mass is 540 g/mol. The minimum atomic E-state index is 0. The number of aliphatic imine (C=N–C) groups is 1. The second-order valence-corrected chi connectivity index (χ2v) is 6.74. The van der Waals surface area contributed by atoms with Crippen LogP contribution in [0.25, 0.3) is 0 Å². The Balaban J connectivity index is 0.00000392. The van der Waals surface area contributed by atoms with Crippen molar-refractivity contribution in [1.29, 1.82) is 0 Å². The van der Waals surface area contributed by atoms with Gasteiger partial charge < -0.3 is 19.9 Å². The quantitative estimate of drug-likeness (QED) is 0.209. The zero-order chi connectivity index (χ0) is 19.5. The van der Waals surface area contributed by atoms with E-state index in [0.29, 0.717) is 29.7 Å². The number of nitrogens with zero attached hydrogens (tertiary/aromatic N) is 4. The molecule has 1 aromatic heterocycles. The van der Waals surface area contributed by atoms with E-state index in [1.54, 1.807) is 19.5 Å². The van der Waals surface area contributed by atoms with E-state index in [2.05, 4.69) is 32.7 Å². The van der Waals surface area contributed by atoms with Crippen molar-refractivity contribution in [2.24, 2.45) is 4.99 Å². The number of methoxy groups -OCH3 is 1. The van der Waals surface area contributed by atoms with Gasteiger partial charge in [0.1, 0.15) is 12.2 Å². The van der Waals surface area contributed by atoms with Gasteiger partial charge in [-0.15, -0.1) is 34.2 Å². The lowest BCUT2D eigenvalue weighted by Crippen LogP contribution is -2.39. The van der Waals surface area contributed by atoms with Crippen molar-refractivity contribution >= 4 is 53.1 Å². The molecule has 1 aromatic carbocycles. The van der Waals surface area contributed by atoms with Crippen LogP contribution in [0.5, 0.6) is 0 Å². The van der Waals surface area contributed by atoms with Crippen LogP contribution >= 0.6 is 47.2 Å². The van der Waals surface area contributed by atoms with Gasteiger partial charge in [-0.2, -0.15) is 0 Å². The molecule has 0 spiro atoms. The fourth-order valence-electron chi connectivity index (χ4n) is 2.45. The highest BCUT2D eigenvalue weighted by molar-refractivity contribution is 14.0. The van der Waals surface area contributed by atoms with Gasteiger partial charge >= 0.3 is 0 Å². The van der Waals surface area contributed by atoms with Crippen LogP contribution in [0.15, 0.2) is 29.5 Å². The number of aromatic nitrogens is 3. The smallest absolute Gasteiger partial charge is 0.191 e. The van der Waals surface area contributed by atoms with Gasteiger partial charge in [-0.3, -0.25) is 0 Å². The summed E-state index contributed by atoms with van der Waals surface area (Å²) in [6.07, 6.45) is 3.49. The fourth-order valence-corrected chi connectivity index (χ4v) is 2.91. The Morgan fingerprint density at radius 2 is 2.04 bits per heavy atom. The van der Waals surface area contributed by atoms with Crippen molar-refractivity contribution < 1.29 is 4.74 Å². The Hall–Kier alpha value is -1.10. The van der Waals surface area contributed by atoms with E-state index in [-0.39, 0.29) is 24.0 Å². The van der Waals surface area contributed by atoms with E-state index < -0.39 is 0 Å². The number of nitrogens with one attached hydrogen (secondary N) is 2. The van der Waals surface area contributed by atoms with Crippen LogP contribution in [0.2, 0.25) is 10.0 Å². The van der Waals surface area contributed by atoms with E-state index in [9.17, 15) is 0 Å². The summed E-state index contributed by atoms with van der Waals surface area (Å²) in [5.74, 6) is 1.69. The number of benzene rings is 1. The molecule has 0 unspecified atom stereocenters. The zero-order valence-electron chi connectivity index (χ0n) is 16.1. The fraction of sp³-hybridized carbons (Fsp3) is 0.500. The standard InChI is InChI=1S/C18H26Cl2N6O.HI/c1-3-17-25-24-13-26(17)9-8-22-18(21-7-4-10-27-2)23-12-14-5-6-15(19)11-16(14)20;/h5-6,11,13H,3-4,7-10,12H2,1-2H3,(H2,21,22,23);1H. The molecule has 0 aliphatic rings. The molecule has 0 fully saturated rings. The molecular weight excluding hydrogens is 514 g/mol. The SMILES string of the molecule is CCc1nncn1CCNC(=NCc1ccc(Cl)cc1Cl)NCCCOC.I. The van der Waals surface area contributed by atoms with E-state index >= 15 is 0 Å². The summed E-state index contributed by atoms with van der Waals surface area (Å²) in [6.45, 7) is 5.45. The predicted molar refractivity (Wildman–Crippen MR) is 125 cm³/mol. The number of rotatable bonds is 10. The lowest BCUT2D eigenvalue weighted by molar-refractivity contribution is 0.195. The van der Waals surface area contributed by atoms with E-state index in [1.165, 1.54) is 0 Å². The third kappa shape index (κ3) is 8.50. The molecule has 0 saturated carbocycles. The largest absolute Gasteiger partial charge is 0.385 e. The molecule has 0 radical (unpaired) electrons. The molecule has 10 heteroatoms. The normalized spacial score (nSPS) is 11.2. The molecule has 0 saturated heterocycles. The first-order chi connectivity index (χ1) is 13.1. The molecule has 7 nitrogen and oxygen atoms in total. The lowest BCUT2D eigenvalue weighted by Gasteiger charge is -2.13. The summed E-state index contributed by atoms with van der Waals surface area (Å²) in [5, 5.41) is 15.9. The van der Waals surface area contributed by atoms with Gasteiger partial charge in [-0.1, -0.05) is 36.2 Å². The molecule has 0 atom stereocenters. The Morgan fingerprint density at radius 1 is 1.25 bits per heavy atom. The maximum atomic E-state index is 6.24. The number of guanidine groups is 1. The molecule has 156 valence electrons. The zero-order valence-corrected chi connectivity index (χ0v) is 20.0. The highest BCUT2D eigenvalue weighted by Gasteiger charge is 2.04. The molecule has 1 heterocycles. The van der Waals surface area contributed by atoms with Gasteiger partial charge in [-0.05, 0) is 24.1 Å². The number of halogens is 3. The first-order valence-electron chi connectivity index (χ1n) is 8.95. The minimum Gasteiger partial charge on any atom is -0.385 e. The summed E-state index contributed by atoms with van der Waals surface area (Å²) in [7, 11) is 1.69. The van der Waals surface area contributed by atoms with Gasteiger partial charge in [0.15, 0.2) is 5.96 Å². The van der Waals surface area contributed by atoms with Gasteiger partial charge in [-0.25, -0.2) is 4.99 Å². The van der Waals surface area contributed by atoms with Crippen LogP contribution in [0.1, 0.15) is 24.7 Å². The maximum absolute atomic E-state index is 6.24. The molecule has 0 aliphatic carbocycles. The van der Waals surface area contributed by atoms with Crippen molar-refractivity contribution in [1.82, 2.24) is 25.4 Å². The number of hydrogen-bond donors (Lipinski definition) is 2. The van der Waals surface area contributed by atoms with Gasteiger partial charge in [0.2, 0.25) is 0 Å². The summed E-state index contributed by atoms with van der Waals surface area (Å²) in [4.78, 5) is 4.63. The van der Waals surface area contributed by atoms with Gasteiger partial charge in [0.05, 0.1) is 6.54 Å². The Bertz CT molecular complexity index is 741. The van der Waals surface area contributed by atoms with Crippen LogP contribution < -0.4 is 10.6 Å². The second-order valence-electron chi connectivity index (χ2n) is 5.89. The molecule has 0 bridgehead atoms. The summed E-state index contributed by atoms with van der Waals surface area (Å²) in [6, 6.07) is 5.43. The average molecular weight is 541 g/mol. The summed E-state index contributed by atoms with van der Waals surface area (Å²) < 4.78 is 7.12. The molecule has 2 rings (SSSR count). The van der Waals surface area contributed by atoms with Gasteiger partial charge in [0, 0.05) is 49.8 Å². The van der Waals surface area contributed by atoms with Crippen LogP contribution in [0, 0.1) is 0 Å². The maximum Gasteiger partial charge on any atom is 0.191 e. The highest BCUT2D eigenvalue weighted by Crippen LogP contribution is 2.21. The predicted octanol–water partition coefficient (Wildman–Crippen LogP) is 3.54. The number of hydrogen-bond acceptors (Lipinski definition) is 4. The van der Waals surface area contributed by atoms with Crippen molar-refractivity contribution in [3.05, 3.63) is 46.0 Å². The van der Waals surface area contributed by atoms with Crippen molar-refractivity contribution in [3.8, 4) is 0 Å². The van der Waals surface area contributed by atoms with Crippen molar-refractivity contribution in [2.75, 3.05) is 26.8 Å². The Kier molecular flexibility index (Phi) is 12.4. The third-order valence-electron chi connectivity index (χ3n) is 3.90. The highest BCUT2D eigenvalue weighted by atomic mass is 127. The van der Waals surface area contributed by atoms with Gasteiger partial charge in [0.25, 0.3) is 0 Å². The molecule has 2 N–H and O–H groups in total. The molecule has 0 amide bonds. The molecule has 0 aliphatic heterocycles. The van der Waals surface area contributed by atoms with Crippen LogP contribution in [-0.2, 0) is 24.2 Å². The minimum absolute atomic E-state index is 0. The van der Waals surface area contributed by atoms with E-state index in [1.807, 2.05) is 16.7 Å². The second kappa shape index (κ2) is 14.0. The average Bonchev–Trinajstić information content (AvgIpc) is 3.11. The summed E-state index contributed by atoms with van der Waals surface area (Å²) in [5.41, 5.74) is 0.922. The summed E-state index contributed by atoms with van der Waals surface area (Å²) >= 11 is 12.2. The number of aryl methyl sites for hydroxylation is 1. The molecular formula is C18H27Cl2IN6O. The van der Waals surface area contributed by atoms with Crippen LogP contribution in [0.3, 0.4) is 0 Å². The number of ether oxygens (including phenoxy) is 1. The van der Waals surface area contributed by atoms with E-state index in [4.69, 9.17) is 27.9 Å². The van der Waals surface area contributed by atoms with Crippen LogP contribution in [0.4, 0.5) is 0 Å². The van der Waals surface area contributed by atoms with Crippen molar-refractivity contribution in [3.63, 3.8) is 0 Å². The third-order valence-corrected chi connectivity index (χ3v) is 4.48. The Labute approximate surface area is 193 Å². The first-order valence-corrected chi connectivity index (χ1v) is 9.71. The van der Waals surface area contributed by atoms with Crippen molar-refractivity contribution in [2.45, 2.75) is 32.9 Å².